The fourth-order valence-corrected chi connectivity index (χ4v) is 3.75. The average molecular weight is 405 g/mol. The van der Waals surface area contributed by atoms with Crippen molar-refractivity contribution in [2.75, 3.05) is 11.4 Å². The maximum absolute atomic E-state index is 12.0. The number of nitrogens with one attached hydrogen (secondary N) is 1. The van der Waals surface area contributed by atoms with Crippen LogP contribution in [0, 0.1) is 6.92 Å². The number of carbonyl (C=O) groups is 2. The molecule has 1 aliphatic rings. The van der Waals surface area contributed by atoms with E-state index in [-0.39, 0.29) is 11.9 Å². The Kier molecular flexibility index (Phi) is 5.47. The molecule has 1 unspecified atom stereocenters. The second-order valence-electron chi connectivity index (χ2n) is 7.33. The van der Waals surface area contributed by atoms with Crippen molar-refractivity contribution in [3.05, 3.63) is 65.5 Å². The SMILES string of the molecule is Cc1ccccc1C(Cc1nc(-c2cccc(N3CCCC3=O)c2)no1)NC(N)=O. The molecule has 0 saturated carbocycles. The average Bonchev–Trinajstić information content (AvgIpc) is 3.37. The van der Waals surface area contributed by atoms with E-state index < -0.39 is 6.03 Å². The molecule has 0 spiro atoms. The molecule has 0 bridgehead atoms. The quantitative estimate of drug-likeness (QED) is 0.654. The fourth-order valence-electron chi connectivity index (χ4n) is 3.75. The van der Waals surface area contributed by atoms with Crippen molar-refractivity contribution in [1.29, 1.82) is 0 Å². The molecule has 0 radical (unpaired) electrons. The maximum Gasteiger partial charge on any atom is 0.312 e. The van der Waals surface area contributed by atoms with E-state index in [2.05, 4.69) is 15.5 Å². The van der Waals surface area contributed by atoms with Crippen LogP contribution in [0.15, 0.2) is 53.1 Å². The first-order chi connectivity index (χ1) is 14.5. The Bertz CT molecular complexity index is 1080. The van der Waals surface area contributed by atoms with Gasteiger partial charge in [-0.15, -0.1) is 0 Å². The summed E-state index contributed by atoms with van der Waals surface area (Å²) >= 11 is 0. The molecule has 154 valence electrons. The van der Waals surface area contributed by atoms with Crippen molar-refractivity contribution < 1.29 is 14.1 Å². The zero-order valence-electron chi connectivity index (χ0n) is 16.7. The summed E-state index contributed by atoms with van der Waals surface area (Å²) in [5.74, 6) is 0.940. The van der Waals surface area contributed by atoms with Gasteiger partial charge < -0.3 is 20.5 Å². The first-order valence-electron chi connectivity index (χ1n) is 9.86. The van der Waals surface area contributed by atoms with Crippen molar-refractivity contribution in [3.8, 4) is 11.4 Å². The molecule has 3 amide bonds. The molecule has 1 aliphatic heterocycles. The highest BCUT2D eigenvalue weighted by molar-refractivity contribution is 5.95. The summed E-state index contributed by atoms with van der Waals surface area (Å²) in [6.45, 7) is 2.69. The number of anilines is 1. The molecular weight excluding hydrogens is 382 g/mol. The molecule has 1 saturated heterocycles. The van der Waals surface area contributed by atoms with Crippen molar-refractivity contribution >= 4 is 17.6 Å². The lowest BCUT2D eigenvalue weighted by Crippen LogP contribution is -2.34. The summed E-state index contributed by atoms with van der Waals surface area (Å²) in [6, 6.07) is 14.3. The van der Waals surface area contributed by atoms with E-state index >= 15 is 0 Å². The van der Waals surface area contributed by atoms with Crippen LogP contribution in [0.3, 0.4) is 0 Å². The van der Waals surface area contributed by atoms with Crippen LogP contribution in [0.5, 0.6) is 0 Å². The number of rotatable bonds is 6. The van der Waals surface area contributed by atoms with Crippen molar-refractivity contribution in [2.24, 2.45) is 5.73 Å². The third kappa shape index (κ3) is 4.17. The minimum Gasteiger partial charge on any atom is -0.352 e. The van der Waals surface area contributed by atoms with Crippen LogP contribution in [0.2, 0.25) is 0 Å². The maximum atomic E-state index is 12.0. The lowest BCUT2D eigenvalue weighted by atomic mass is 9.99. The number of aromatic nitrogens is 2. The van der Waals surface area contributed by atoms with Gasteiger partial charge in [-0.1, -0.05) is 41.6 Å². The number of carbonyl (C=O) groups excluding carboxylic acids is 2. The predicted molar refractivity (Wildman–Crippen MR) is 112 cm³/mol. The molecule has 8 nitrogen and oxygen atoms in total. The van der Waals surface area contributed by atoms with E-state index in [0.29, 0.717) is 24.6 Å². The lowest BCUT2D eigenvalue weighted by molar-refractivity contribution is -0.117. The van der Waals surface area contributed by atoms with E-state index in [1.807, 2.05) is 55.5 Å². The van der Waals surface area contributed by atoms with E-state index in [4.69, 9.17) is 10.3 Å². The third-order valence-corrected chi connectivity index (χ3v) is 5.22. The molecule has 2 aromatic carbocycles. The topological polar surface area (TPSA) is 114 Å². The van der Waals surface area contributed by atoms with Gasteiger partial charge in [0, 0.05) is 24.2 Å². The molecule has 2 heterocycles. The molecule has 1 aromatic heterocycles. The van der Waals surface area contributed by atoms with Gasteiger partial charge in [0.25, 0.3) is 0 Å². The van der Waals surface area contributed by atoms with Crippen LogP contribution in [0.25, 0.3) is 11.4 Å². The Balaban J connectivity index is 1.57. The number of aryl methyl sites for hydroxylation is 1. The number of nitrogens with two attached hydrogens (primary N) is 1. The van der Waals surface area contributed by atoms with Gasteiger partial charge in [-0.3, -0.25) is 4.79 Å². The fraction of sp³-hybridized carbons (Fsp3) is 0.273. The number of benzene rings is 2. The minimum absolute atomic E-state index is 0.125. The Hall–Kier alpha value is -3.68. The Labute approximate surface area is 174 Å². The number of hydrogen-bond acceptors (Lipinski definition) is 5. The Morgan fingerprint density at radius 3 is 2.83 bits per heavy atom. The van der Waals surface area contributed by atoms with Gasteiger partial charge in [0.05, 0.1) is 12.5 Å². The van der Waals surface area contributed by atoms with Crippen LogP contribution >= 0.6 is 0 Å². The molecule has 3 aromatic rings. The zero-order valence-corrected chi connectivity index (χ0v) is 16.7. The molecular formula is C22H23N5O3. The monoisotopic (exact) mass is 405 g/mol. The predicted octanol–water partition coefficient (Wildman–Crippen LogP) is 3.12. The highest BCUT2D eigenvalue weighted by atomic mass is 16.5. The smallest absolute Gasteiger partial charge is 0.312 e. The van der Waals surface area contributed by atoms with E-state index in [0.717, 1.165) is 35.3 Å². The summed E-state index contributed by atoms with van der Waals surface area (Å²) in [6.07, 6.45) is 1.75. The van der Waals surface area contributed by atoms with Gasteiger partial charge in [0.2, 0.25) is 17.6 Å². The van der Waals surface area contributed by atoms with Gasteiger partial charge in [-0.25, -0.2) is 4.79 Å². The second kappa shape index (κ2) is 8.36. The first kappa shape index (κ1) is 19.6. The largest absolute Gasteiger partial charge is 0.352 e. The van der Waals surface area contributed by atoms with E-state index in [9.17, 15) is 9.59 Å². The Morgan fingerprint density at radius 1 is 1.27 bits per heavy atom. The summed E-state index contributed by atoms with van der Waals surface area (Å²) < 4.78 is 5.45. The number of primary amides is 1. The van der Waals surface area contributed by atoms with Gasteiger partial charge in [0.1, 0.15) is 0 Å². The van der Waals surface area contributed by atoms with Crippen molar-refractivity contribution in [3.63, 3.8) is 0 Å². The highest BCUT2D eigenvalue weighted by Gasteiger charge is 2.23. The van der Waals surface area contributed by atoms with Gasteiger partial charge in [0.15, 0.2) is 0 Å². The highest BCUT2D eigenvalue weighted by Crippen LogP contribution is 2.27. The van der Waals surface area contributed by atoms with Crippen LogP contribution in [-0.4, -0.2) is 28.6 Å². The third-order valence-electron chi connectivity index (χ3n) is 5.22. The molecule has 1 fully saturated rings. The Morgan fingerprint density at radius 2 is 2.10 bits per heavy atom. The number of hydrogen-bond donors (Lipinski definition) is 2. The summed E-state index contributed by atoms with van der Waals surface area (Å²) in [4.78, 5) is 29.8. The molecule has 0 aliphatic carbocycles. The van der Waals surface area contributed by atoms with Gasteiger partial charge in [-0.2, -0.15) is 4.98 Å². The molecule has 3 N–H and O–H groups in total. The molecule has 4 rings (SSSR count). The van der Waals surface area contributed by atoms with Gasteiger partial charge >= 0.3 is 6.03 Å². The molecule has 8 heteroatoms. The lowest BCUT2D eigenvalue weighted by Gasteiger charge is -2.18. The first-order valence-corrected chi connectivity index (χ1v) is 9.86. The number of nitrogens with zero attached hydrogens (tertiary/aromatic N) is 3. The van der Waals surface area contributed by atoms with E-state index in [1.54, 1.807) is 4.90 Å². The van der Waals surface area contributed by atoms with Crippen LogP contribution in [0.1, 0.15) is 35.9 Å². The zero-order chi connectivity index (χ0) is 21.1. The number of urea groups is 1. The van der Waals surface area contributed by atoms with Crippen molar-refractivity contribution in [2.45, 2.75) is 32.2 Å². The minimum atomic E-state index is -0.619. The van der Waals surface area contributed by atoms with Gasteiger partial charge in [-0.05, 0) is 36.6 Å². The van der Waals surface area contributed by atoms with Crippen LogP contribution in [0.4, 0.5) is 10.5 Å². The normalized spacial score (nSPS) is 14.7. The standard InChI is InChI=1S/C22H23N5O3/c1-14-6-2-3-9-17(14)18(24-22(23)29)13-19-25-21(26-30-19)15-7-4-8-16(12-15)27-11-5-10-20(27)28/h2-4,6-9,12,18H,5,10-11,13H2,1H3,(H3,23,24,29). The summed E-state index contributed by atoms with van der Waals surface area (Å²) in [5, 5.41) is 6.84. The van der Waals surface area contributed by atoms with E-state index in [1.165, 1.54) is 0 Å². The van der Waals surface area contributed by atoms with Crippen molar-refractivity contribution in [1.82, 2.24) is 15.5 Å². The summed E-state index contributed by atoms with van der Waals surface area (Å²) in [7, 11) is 0. The molecule has 1 atom stereocenters. The number of amides is 3. The van der Waals surface area contributed by atoms with Crippen LogP contribution in [-0.2, 0) is 11.2 Å². The molecule has 30 heavy (non-hydrogen) atoms. The summed E-state index contributed by atoms with van der Waals surface area (Å²) in [5.41, 5.74) is 8.92. The van der Waals surface area contributed by atoms with Crippen LogP contribution < -0.4 is 16.0 Å². The second-order valence-corrected chi connectivity index (χ2v) is 7.33.